The fourth-order valence-electron chi connectivity index (χ4n) is 2.13. The second-order valence-electron chi connectivity index (χ2n) is 5.24. The second kappa shape index (κ2) is 7.61. The van der Waals surface area contributed by atoms with Gasteiger partial charge in [-0.1, -0.05) is 6.92 Å². The molecule has 0 saturated heterocycles. The molecular formula is C14H17N5O4S3. The summed E-state index contributed by atoms with van der Waals surface area (Å²) < 4.78 is 40.1. The lowest BCUT2D eigenvalue weighted by molar-refractivity contribution is 0.465. The maximum absolute atomic E-state index is 12.1. The highest BCUT2D eigenvalue weighted by Crippen LogP contribution is 2.39. The van der Waals surface area contributed by atoms with E-state index in [0.29, 0.717) is 18.2 Å². The first-order valence-corrected chi connectivity index (χ1v) is 10.7. The summed E-state index contributed by atoms with van der Waals surface area (Å²) in [6, 6.07) is 3.73. The molecule has 0 spiro atoms. The van der Waals surface area contributed by atoms with Crippen molar-refractivity contribution in [3.05, 3.63) is 29.0 Å². The molecule has 0 aliphatic rings. The summed E-state index contributed by atoms with van der Waals surface area (Å²) >= 11 is 1.91. The van der Waals surface area contributed by atoms with Gasteiger partial charge in [0.15, 0.2) is 21.6 Å². The Bertz CT molecular complexity index is 992. The van der Waals surface area contributed by atoms with Gasteiger partial charge in [-0.25, -0.2) is 13.1 Å². The zero-order valence-electron chi connectivity index (χ0n) is 13.9. The van der Waals surface area contributed by atoms with Gasteiger partial charge in [0, 0.05) is 11.9 Å². The standard InChI is InChI=1S/C14H17N5O4S3/c1-3-16-26(21,22)14-11(20)10(7-24-14)17-13-12(18-25-19-13)15-6-9-5-4-8(2)23-9/h4-5,7,16,20H,3,6H2,1-2H3,(H,15,18)(H,17,19). The molecule has 0 aliphatic heterocycles. The Kier molecular flexibility index (Phi) is 5.46. The Balaban J connectivity index is 1.74. The van der Waals surface area contributed by atoms with Crippen LogP contribution in [0.4, 0.5) is 17.3 Å². The number of aromatic hydroxyl groups is 1. The number of nitrogens with zero attached hydrogens (tertiary/aromatic N) is 2. The van der Waals surface area contributed by atoms with Crippen molar-refractivity contribution in [2.24, 2.45) is 0 Å². The van der Waals surface area contributed by atoms with Crippen LogP contribution in [0.25, 0.3) is 0 Å². The number of sulfonamides is 1. The Morgan fingerprint density at radius 2 is 2.04 bits per heavy atom. The first-order chi connectivity index (χ1) is 12.4. The summed E-state index contributed by atoms with van der Waals surface area (Å²) in [6.07, 6.45) is 0. The second-order valence-corrected chi connectivity index (χ2v) is 8.61. The van der Waals surface area contributed by atoms with E-state index in [1.54, 1.807) is 6.92 Å². The van der Waals surface area contributed by atoms with Crippen molar-refractivity contribution >= 4 is 50.4 Å². The smallest absolute Gasteiger partial charge is 0.253 e. The maximum atomic E-state index is 12.1. The van der Waals surface area contributed by atoms with Gasteiger partial charge >= 0.3 is 0 Å². The molecule has 26 heavy (non-hydrogen) atoms. The monoisotopic (exact) mass is 415 g/mol. The number of aromatic nitrogens is 2. The Hall–Kier alpha value is -2.15. The SMILES string of the molecule is CCNS(=O)(=O)c1scc(Nc2nsnc2NCc2ccc(C)o2)c1O. The van der Waals surface area contributed by atoms with Gasteiger partial charge in [-0.2, -0.15) is 8.75 Å². The number of furan rings is 1. The van der Waals surface area contributed by atoms with Gasteiger partial charge in [0.25, 0.3) is 10.0 Å². The fourth-order valence-corrected chi connectivity index (χ4v) is 4.94. The highest BCUT2D eigenvalue weighted by molar-refractivity contribution is 7.91. The van der Waals surface area contributed by atoms with Crippen LogP contribution in [0.5, 0.6) is 5.75 Å². The largest absolute Gasteiger partial charge is 0.504 e. The number of hydrogen-bond acceptors (Lipinski definition) is 10. The van der Waals surface area contributed by atoms with E-state index in [4.69, 9.17) is 4.42 Å². The maximum Gasteiger partial charge on any atom is 0.253 e. The highest BCUT2D eigenvalue weighted by Gasteiger charge is 2.23. The molecule has 3 aromatic heterocycles. The first kappa shape index (κ1) is 18.6. The van der Waals surface area contributed by atoms with Gasteiger partial charge in [0.05, 0.1) is 24.0 Å². The van der Waals surface area contributed by atoms with Crippen LogP contribution < -0.4 is 15.4 Å². The molecule has 3 heterocycles. The lowest BCUT2D eigenvalue weighted by atomic mass is 10.4. The Morgan fingerprint density at radius 3 is 2.73 bits per heavy atom. The predicted octanol–water partition coefficient (Wildman–Crippen LogP) is 2.86. The van der Waals surface area contributed by atoms with Crippen molar-refractivity contribution in [3.8, 4) is 5.75 Å². The molecule has 0 saturated carbocycles. The van der Waals surface area contributed by atoms with E-state index in [-0.39, 0.29) is 22.2 Å². The molecule has 3 rings (SSSR count). The van der Waals surface area contributed by atoms with Crippen LogP contribution in [-0.2, 0) is 16.6 Å². The molecule has 0 amide bonds. The fraction of sp³-hybridized carbons (Fsp3) is 0.286. The van der Waals surface area contributed by atoms with E-state index in [0.717, 1.165) is 34.6 Å². The summed E-state index contributed by atoms with van der Waals surface area (Å²) in [4.78, 5) is 0. The molecule has 0 atom stereocenters. The van der Waals surface area contributed by atoms with E-state index in [2.05, 4.69) is 24.1 Å². The van der Waals surface area contributed by atoms with E-state index in [1.165, 1.54) is 5.38 Å². The predicted molar refractivity (Wildman–Crippen MR) is 101 cm³/mol. The zero-order valence-corrected chi connectivity index (χ0v) is 16.4. The van der Waals surface area contributed by atoms with Crippen molar-refractivity contribution in [2.75, 3.05) is 17.2 Å². The average Bonchev–Trinajstić information content (AvgIpc) is 3.28. The molecule has 0 aliphatic carbocycles. The van der Waals surface area contributed by atoms with Crippen LogP contribution in [0, 0.1) is 6.92 Å². The van der Waals surface area contributed by atoms with Crippen LogP contribution in [0.1, 0.15) is 18.4 Å². The molecule has 9 nitrogen and oxygen atoms in total. The Morgan fingerprint density at radius 1 is 1.27 bits per heavy atom. The minimum absolute atomic E-state index is 0.148. The van der Waals surface area contributed by atoms with Crippen molar-refractivity contribution in [1.29, 1.82) is 0 Å². The third-order valence-corrected chi connectivity index (χ3v) is 6.86. The van der Waals surface area contributed by atoms with Gasteiger partial charge in [-0.05, 0) is 19.1 Å². The number of hydrogen-bond donors (Lipinski definition) is 4. The van der Waals surface area contributed by atoms with E-state index < -0.39 is 10.0 Å². The van der Waals surface area contributed by atoms with Crippen LogP contribution >= 0.6 is 23.1 Å². The first-order valence-electron chi connectivity index (χ1n) is 7.59. The summed E-state index contributed by atoms with van der Waals surface area (Å²) in [5, 5.41) is 17.8. The summed E-state index contributed by atoms with van der Waals surface area (Å²) in [6.45, 7) is 4.18. The number of nitrogens with one attached hydrogen (secondary N) is 3. The summed E-state index contributed by atoms with van der Waals surface area (Å²) in [5.41, 5.74) is 0.246. The molecule has 0 unspecified atom stereocenters. The van der Waals surface area contributed by atoms with E-state index in [1.807, 2.05) is 19.1 Å². The third-order valence-electron chi connectivity index (χ3n) is 3.28. The van der Waals surface area contributed by atoms with E-state index in [9.17, 15) is 13.5 Å². The van der Waals surface area contributed by atoms with Crippen molar-refractivity contribution in [2.45, 2.75) is 24.6 Å². The quantitative estimate of drug-likeness (QED) is 0.442. The number of rotatable bonds is 8. The number of aryl methyl sites for hydroxylation is 1. The Labute approximate surface area is 158 Å². The normalized spacial score (nSPS) is 11.6. The van der Waals surface area contributed by atoms with Gasteiger partial charge in [0.1, 0.15) is 11.5 Å². The lowest BCUT2D eigenvalue weighted by Crippen LogP contribution is -2.22. The summed E-state index contributed by atoms with van der Waals surface area (Å²) in [7, 11) is -3.74. The summed E-state index contributed by atoms with van der Waals surface area (Å²) in [5.74, 6) is 2.08. The molecule has 0 aromatic carbocycles. The highest BCUT2D eigenvalue weighted by atomic mass is 32.2. The minimum Gasteiger partial charge on any atom is -0.504 e. The van der Waals surface area contributed by atoms with Crippen molar-refractivity contribution < 1.29 is 17.9 Å². The average molecular weight is 416 g/mol. The number of anilines is 3. The van der Waals surface area contributed by atoms with Crippen LogP contribution in [-0.4, -0.2) is 28.8 Å². The molecule has 0 bridgehead atoms. The minimum atomic E-state index is -3.74. The zero-order chi connectivity index (χ0) is 18.7. The van der Waals surface area contributed by atoms with Crippen molar-refractivity contribution in [1.82, 2.24) is 13.5 Å². The van der Waals surface area contributed by atoms with Crippen molar-refractivity contribution in [3.63, 3.8) is 0 Å². The molecular weight excluding hydrogens is 398 g/mol. The van der Waals surface area contributed by atoms with Crippen LogP contribution in [0.2, 0.25) is 0 Å². The number of thiophene rings is 1. The molecule has 4 N–H and O–H groups in total. The van der Waals surface area contributed by atoms with Crippen LogP contribution in [0.15, 0.2) is 26.1 Å². The molecule has 0 fully saturated rings. The molecule has 12 heteroatoms. The van der Waals surface area contributed by atoms with Gasteiger partial charge < -0.3 is 20.2 Å². The molecule has 0 radical (unpaired) electrons. The van der Waals surface area contributed by atoms with Crippen LogP contribution in [0.3, 0.4) is 0 Å². The van der Waals surface area contributed by atoms with Gasteiger partial charge in [0.2, 0.25) is 0 Å². The van der Waals surface area contributed by atoms with E-state index >= 15 is 0 Å². The lowest BCUT2D eigenvalue weighted by Gasteiger charge is -2.06. The molecule has 3 aromatic rings. The van der Waals surface area contributed by atoms with Gasteiger partial charge in [-0.15, -0.1) is 11.3 Å². The van der Waals surface area contributed by atoms with Gasteiger partial charge in [-0.3, -0.25) is 0 Å². The molecule has 140 valence electrons. The third kappa shape index (κ3) is 3.98. The topological polar surface area (TPSA) is 129 Å².